The molecule has 0 bridgehead atoms. The van der Waals surface area contributed by atoms with Crippen molar-refractivity contribution >= 4 is 29.0 Å². The number of nitrogens with one attached hydrogen (secondary N) is 2. The van der Waals surface area contributed by atoms with Crippen LogP contribution >= 0.6 is 11.8 Å². The number of nitrogen functional groups attached to an aromatic ring is 1. The number of hydrogen-bond donors (Lipinski definition) is 3. The molecule has 0 amide bonds. The topological polar surface area (TPSA) is 87.7 Å². The Labute approximate surface area is 128 Å². The van der Waals surface area contributed by atoms with E-state index in [4.69, 9.17) is 11.1 Å². The molecule has 0 unspecified atom stereocenters. The monoisotopic (exact) mass is 301 g/mol. The van der Waals surface area contributed by atoms with Gasteiger partial charge in [-0.2, -0.15) is 0 Å². The molecule has 4 N–H and O–H groups in total. The summed E-state index contributed by atoms with van der Waals surface area (Å²) in [6.45, 7) is 4.04. The molecule has 2 heterocycles. The zero-order valence-corrected chi connectivity index (χ0v) is 13.2. The van der Waals surface area contributed by atoms with Crippen LogP contribution in [0.3, 0.4) is 0 Å². The third-order valence-electron chi connectivity index (χ3n) is 2.88. The predicted octanol–water partition coefficient (Wildman–Crippen LogP) is 3.02. The molecule has 2 rings (SSSR count). The molecule has 5 nitrogen and oxygen atoms in total. The normalized spacial score (nSPS) is 10.7. The Morgan fingerprint density at radius 3 is 2.67 bits per heavy atom. The van der Waals surface area contributed by atoms with E-state index in [9.17, 15) is 0 Å². The van der Waals surface area contributed by atoms with Gasteiger partial charge in [-0.3, -0.25) is 10.4 Å². The van der Waals surface area contributed by atoms with Crippen LogP contribution in [0.2, 0.25) is 0 Å². The molecule has 0 saturated carbocycles. The second kappa shape index (κ2) is 6.58. The molecule has 0 spiro atoms. The minimum Gasteiger partial charge on any atom is -0.398 e. The van der Waals surface area contributed by atoms with E-state index in [0.29, 0.717) is 22.8 Å². The molecule has 0 aliphatic rings. The highest BCUT2D eigenvalue weighted by Crippen LogP contribution is 2.24. The first-order valence-electron chi connectivity index (χ1n) is 6.63. The quantitative estimate of drug-likeness (QED) is 0.583. The highest BCUT2D eigenvalue weighted by Gasteiger charge is 2.16. The summed E-state index contributed by atoms with van der Waals surface area (Å²) in [7, 11) is 0. The smallest absolute Gasteiger partial charge is 0.137 e. The fourth-order valence-electron chi connectivity index (χ4n) is 1.93. The molecule has 0 aromatic carbocycles. The van der Waals surface area contributed by atoms with Gasteiger partial charge in [0.1, 0.15) is 5.82 Å². The second-order valence-corrected chi connectivity index (χ2v) is 5.76. The summed E-state index contributed by atoms with van der Waals surface area (Å²) < 4.78 is 0. The Bertz CT molecular complexity index is 654. The van der Waals surface area contributed by atoms with Crippen molar-refractivity contribution in [1.82, 2.24) is 9.97 Å². The minimum absolute atomic E-state index is 0.205. The van der Waals surface area contributed by atoms with Crippen LogP contribution < -0.4 is 11.1 Å². The van der Waals surface area contributed by atoms with Crippen molar-refractivity contribution < 1.29 is 0 Å². The van der Waals surface area contributed by atoms with E-state index in [1.807, 2.05) is 32.2 Å². The molecule has 0 aliphatic carbocycles. The van der Waals surface area contributed by atoms with Crippen molar-refractivity contribution in [2.75, 3.05) is 17.3 Å². The SMILES string of the molecule is CSc1ccnc(C(=N)c2c(N)ccnc2NC(C)C)c1. The maximum atomic E-state index is 8.44. The van der Waals surface area contributed by atoms with Crippen LogP contribution in [0.1, 0.15) is 25.1 Å². The Kier molecular flexibility index (Phi) is 4.80. The molecule has 2 aromatic rings. The fourth-order valence-corrected chi connectivity index (χ4v) is 2.35. The van der Waals surface area contributed by atoms with Gasteiger partial charge in [-0.05, 0) is 38.3 Å². The average molecular weight is 301 g/mol. The average Bonchev–Trinajstić information content (AvgIpc) is 2.46. The molecule has 0 radical (unpaired) electrons. The number of anilines is 2. The number of hydrogen-bond acceptors (Lipinski definition) is 6. The van der Waals surface area contributed by atoms with Crippen LogP contribution in [0.5, 0.6) is 0 Å². The van der Waals surface area contributed by atoms with Gasteiger partial charge >= 0.3 is 0 Å². The van der Waals surface area contributed by atoms with E-state index in [1.54, 1.807) is 30.2 Å². The fraction of sp³-hybridized carbons (Fsp3) is 0.267. The van der Waals surface area contributed by atoms with Crippen LogP contribution in [-0.4, -0.2) is 28.0 Å². The molecule has 0 fully saturated rings. The van der Waals surface area contributed by atoms with E-state index in [1.165, 1.54) is 0 Å². The van der Waals surface area contributed by atoms with E-state index < -0.39 is 0 Å². The van der Waals surface area contributed by atoms with Gasteiger partial charge in [-0.15, -0.1) is 11.8 Å². The van der Waals surface area contributed by atoms with Crippen LogP contribution in [0.25, 0.3) is 0 Å². The van der Waals surface area contributed by atoms with Gasteiger partial charge in [0, 0.05) is 29.0 Å². The summed E-state index contributed by atoms with van der Waals surface area (Å²) in [6, 6.07) is 5.71. The second-order valence-electron chi connectivity index (χ2n) is 4.88. The Morgan fingerprint density at radius 2 is 2.00 bits per heavy atom. The third kappa shape index (κ3) is 3.52. The molecule has 110 valence electrons. The predicted molar refractivity (Wildman–Crippen MR) is 89.4 cm³/mol. The Morgan fingerprint density at radius 1 is 1.29 bits per heavy atom. The molecule has 21 heavy (non-hydrogen) atoms. The lowest BCUT2D eigenvalue weighted by Crippen LogP contribution is -2.17. The maximum Gasteiger partial charge on any atom is 0.137 e. The summed E-state index contributed by atoms with van der Waals surface area (Å²) in [5, 5.41) is 11.7. The molecule has 0 aliphatic heterocycles. The first-order valence-corrected chi connectivity index (χ1v) is 7.85. The number of nitrogens with zero attached hydrogens (tertiary/aromatic N) is 2. The summed E-state index contributed by atoms with van der Waals surface area (Å²) in [4.78, 5) is 9.64. The van der Waals surface area contributed by atoms with Crippen molar-refractivity contribution in [2.24, 2.45) is 0 Å². The summed E-state index contributed by atoms with van der Waals surface area (Å²) >= 11 is 1.62. The zero-order valence-electron chi connectivity index (χ0n) is 12.3. The summed E-state index contributed by atoms with van der Waals surface area (Å²) in [5.74, 6) is 0.617. The number of nitrogens with two attached hydrogens (primary N) is 1. The first kappa shape index (κ1) is 15.3. The van der Waals surface area contributed by atoms with Gasteiger partial charge < -0.3 is 11.1 Å². The molecule has 0 atom stereocenters. The van der Waals surface area contributed by atoms with Crippen molar-refractivity contribution in [3.8, 4) is 0 Å². The van der Waals surface area contributed by atoms with Gasteiger partial charge in [-0.1, -0.05) is 0 Å². The van der Waals surface area contributed by atoms with Crippen molar-refractivity contribution in [3.63, 3.8) is 0 Å². The largest absolute Gasteiger partial charge is 0.398 e. The van der Waals surface area contributed by atoms with Crippen LogP contribution in [0, 0.1) is 5.41 Å². The highest BCUT2D eigenvalue weighted by molar-refractivity contribution is 7.98. The Balaban J connectivity index is 2.47. The van der Waals surface area contributed by atoms with Gasteiger partial charge in [0.05, 0.1) is 17.0 Å². The van der Waals surface area contributed by atoms with E-state index in [0.717, 1.165) is 4.90 Å². The number of aromatic nitrogens is 2. The first-order chi connectivity index (χ1) is 10.0. The van der Waals surface area contributed by atoms with Crippen LogP contribution in [-0.2, 0) is 0 Å². The van der Waals surface area contributed by atoms with E-state index in [-0.39, 0.29) is 11.8 Å². The summed E-state index contributed by atoms with van der Waals surface area (Å²) in [5.41, 5.74) is 8.04. The third-order valence-corrected chi connectivity index (χ3v) is 3.61. The lowest BCUT2D eigenvalue weighted by atomic mass is 10.1. The van der Waals surface area contributed by atoms with Gasteiger partial charge in [0.15, 0.2) is 0 Å². The van der Waals surface area contributed by atoms with Gasteiger partial charge in [0.25, 0.3) is 0 Å². The maximum absolute atomic E-state index is 8.44. The number of pyridine rings is 2. The van der Waals surface area contributed by atoms with Crippen LogP contribution in [0.15, 0.2) is 35.5 Å². The summed E-state index contributed by atoms with van der Waals surface area (Å²) in [6.07, 6.45) is 5.34. The number of rotatable bonds is 5. The highest BCUT2D eigenvalue weighted by atomic mass is 32.2. The van der Waals surface area contributed by atoms with Crippen molar-refractivity contribution in [1.29, 1.82) is 5.41 Å². The van der Waals surface area contributed by atoms with Crippen molar-refractivity contribution in [3.05, 3.63) is 41.9 Å². The lowest BCUT2D eigenvalue weighted by Gasteiger charge is -2.16. The van der Waals surface area contributed by atoms with Gasteiger partial charge in [-0.25, -0.2) is 4.98 Å². The molecule has 0 saturated heterocycles. The van der Waals surface area contributed by atoms with Crippen molar-refractivity contribution in [2.45, 2.75) is 24.8 Å². The Hall–Kier alpha value is -2.08. The van der Waals surface area contributed by atoms with Crippen LogP contribution in [0.4, 0.5) is 11.5 Å². The molecule has 6 heteroatoms. The molecule has 2 aromatic heterocycles. The lowest BCUT2D eigenvalue weighted by molar-refractivity contribution is 0.888. The molecular formula is C15H19N5S. The number of thioether (sulfide) groups is 1. The standard InChI is InChI=1S/C15H19N5S/c1-9(2)20-15-13(11(16)5-7-19-15)14(17)12-8-10(21-3)4-6-18-12/h4-9,17H,1-3H3,(H3,16,19,20). The minimum atomic E-state index is 0.205. The molecular weight excluding hydrogens is 282 g/mol. The zero-order chi connectivity index (χ0) is 15.4. The van der Waals surface area contributed by atoms with E-state index in [2.05, 4.69) is 15.3 Å². The van der Waals surface area contributed by atoms with Gasteiger partial charge in [0.2, 0.25) is 0 Å². The van der Waals surface area contributed by atoms with E-state index >= 15 is 0 Å².